The van der Waals surface area contributed by atoms with Gasteiger partial charge in [-0.05, 0) is 0 Å². The van der Waals surface area contributed by atoms with Crippen LogP contribution in [0.15, 0.2) is 41.0 Å². The molecular weight excluding hydrogens is 579 g/mol. The third-order valence-corrected chi connectivity index (χ3v) is 6.52. The maximum absolute atomic E-state index is 7.80. The second kappa shape index (κ2) is 28.2. The van der Waals surface area contributed by atoms with Gasteiger partial charge in [0.15, 0.2) is 0 Å². The van der Waals surface area contributed by atoms with E-state index in [4.69, 9.17) is 5.73 Å². The third kappa shape index (κ3) is 21.1. The monoisotopic (exact) mass is 630 g/mol. The molecule has 0 saturated heterocycles. The van der Waals surface area contributed by atoms with Crippen molar-refractivity contribution in [3.05, 3.63) is 58.9 Å². The van der Waals surface area contributed by atoms with Crippen LogP contribution < -0.4 is 4.90 Å². The van der Waals surface area contributed by atoms with Crippen molar-refractivity contribution in [3.63, 3.8) is 0 Å². The van der Waals surface area contributed by atoms with Gasteiger partial charge in [0.2, 0.25) is 0 Å². The minimum atomic E-state index is 0. The van der Waals surface area contributed by atoms with Crippen LogP contribution in [0.5, 0.6) is 0 Å². The molecule has 3 rings (SSSR count). The first-order valence-electron chi connectivity index (χ1n) is 13.2. The molecule has 0 spiro atoms. The van der Waals surface area contributed by atoms with Gasteiger partial charge >= 0.3 is 26.2 Å². The first-order chi connectivity index (χ1) is 15.8. The zero-order chi connectivity index (χ0) is 25.1. The van der Waals surface area contributed by atoms with Gasteiger partial charge in [-0.1, -0.05) is 110 Å². The van der Waals surface area contributed by atoms with Crippen molar-refractivity contribution in [3.8, 4) is 0 Å². The maximum Gasteiger partial charge on any atom is 3.00 e. The molecule has 1 N–H and O–H groups in total. The summed E-state index contributed by atoms with van der Waals surface area (Å²) in [4.78, 5) is 2.03. The van der Waals surface area contributed by atoms with Gasteiger partial charge < -0.3 is 10.6 Å². The molecule has 2 nitrogen and oxygen atoms in total. The fourth-order valence-electron chi connectivity index (χ4n) is 3.99. The van der Waals surface area contributed by atoms with Crippen LogP contribution in [0.25, 0.3) is 5.73 Å². The van der Waals surface area contributed by atoms with Crippen LogP contribution in [0.4, 0.5) is 5.69 Å². The Morgan fingerprint density at radius 2 is 1.28 bits per heavy atom. The van der Waals surface area contributed by atoms with Gasteiger partial charge in [0.25, 0.3) is 0 Å². The van der Waals surface area contributed by atoms with Gasteiger partial charge in [0.1, 0.15) is 0 Å². The number of nitrogens with zero attached hydrogens (tertiary/aromatic N) is 1. The number of hydrogen-bond acceptors (Lipinski definition) is 1. The van der Waals surface area contributed by atoms with E-state index in [2.05, 4.69) is 39.8 Å². The van der Waals surface area contributed by atoms with Crippen LogP contribution in [0.3, 0.4) is 0 Å². The summed E-state index contributed by atoms with van der Waals surface area (Å²) in [6.45, 7) is 10.7. The summed E-state index contributed by atoms with van der Waals surface area (Å²) in [5.74, 6) is 0.560. The van der Waals surface area contributed by atoms with Crippen LogP contribution in [0.1, 0.15) is 98.3 Å². The van der Waals surface area contributed by atoms with Crippen molar-refractivity contribution in [2.75, 3.05) is 19.0 Å². The van der Waals surface area contributed by atoms with Crippen molar-refractivity contribution in [2.24, 2.45) is 5.92 Å². The minimum absolute atomic E-state index is 0. The normalized spacial score (nSPS) is 18.1. The first kappa shape index (κ1) is 43.2. The predicted molar refractivity (Wildman–Crippen MR) is 167 cm³/mol. The molecule has 1 aromatic carbocycles. The molecule has 0 heterocycles. The fraction of sp³-hybridized carbons (Fsp3) is 0.667. The quantitative estimate of drug-likeness (QED) is 0.224. The van der Waals surface area contributed by atoms with E-state index in [1.54, 1.807) is 0 Å². The molecule has 2 aliphatic rings. The summed E-state index contributed by atoms with van der Waals surface area (Å²) in [7, 11) is 5.87. The molecule has 0 bridgehead atoms. The molecule has 1 saturated carbocycles. The predicted octanol–water partition coefficient (Wildman–Crippen LogP) is 9.50. The Hall–Kier alpha value is 0.140. The Morgan fingerprint density at radius 1 is 0.833 bits per heavy atom. The second-order valence-corrected chi connectivity index (χ2v) is 9.40. The Kier molecular flexibility index (Phi) is 33.8. The number of hydrogen-bond donors (Lipinski definition) is 0. The minimum Gasteiger partial charge on any atom is -0.675 e. The molecule has 1 aromatic rings. The molecule has 36 heavy (non-hydrogen) atoms. The Bertz CT molecular complexity index is 654. The summed E-state index contributed by atoms with van der Waals surface area (Å²) in [5, 5.41) is 0. The van der Waals surface area contributed by atoms with Crippen LogP contribution >= 0.6 is 24.8 Å². The number of anilines is 1. The van der Waals surface area contributed by atoms with Crippen LogP contribution in [0, 0.1) is 18.1 Å². The van der Waals surface area contributed by atoms with Crippen LogP contribution in [-0.4, -0.2) is 30.4 Å². The zero-order valence-electron chi connectivity index (χ0n) is 24.2. The molecule has 6 heteroatoms. The Labute approximate surface area is 260 Å². The topological polar surface area (TPSA) is 27.0 Å². The number of rotatable bonds is 1. The van der Waals surface area contributed by atoms with E-state index in [0.717, 1.165) is 18.5 Å². The van der Waals surface area contributed by atoms with Crippen LogP contribution in [0.2, 0.25) is 6.55 Å². The number of benzene rings is 1. The molecular formula is C30H54Cl2N2SiZr. The van der Waals surface area contributed by atoms with Gasteiger partial charge in [-0.25, -0.2) is 5.57 Å². The summed E-state index contributed by atoms with van der Waals surface area (Å²) in [6, 6.07) is 11.3. The molecule has 1 unspecified atom stereocenters. The summed E-state index contributed by atoms with van der Waals surface area (Å²) in [6.07, 6.45) is 18.1. The van der Waals surface area contributed by atoms with Gasteiger partial charge in [0, 0.05) is 24.3 Å². The van der Waals surface area contributed by atoms with Gasteiger partial charge in [0.05, 0.1) is 0 Å². The Morgan fingerprint density at radius 3 is 1.53 bits per heavy atom. The number of nitrogens with one attached hydrogen (secondary N) is 1. The van der Waals surface area contributed by atoms with E-state index in [-0.39, 0.29) is 57.1 Å². The average molecular weight is 633 g/mol. The number of para-hydroxylation sites is 1. The van der Waals surface area contributed by atoms with Gasteiger partial charge in [-0.15, -0.1) is 43.8 Å². The second-order valence-electron chi connectivity index (χ2n) is 9.40. The van der Waals surface area contributed by atoms with Gasteiger partial charge in [-0.3, -0.25) is 6.08 Å². The van der Waals surface area contributed by atoms with E-state index in [1.807, 2.05) is 60.1 Å². The fourth-order valence-corrected chi connectivity index (χ4v) is 3.99. The maximum atomic E-state index is 7.80. The van der Waals surface area contributed by atoms with Crippen molar-refractivity contribution in [2.45, 2.75) is 111 Å². The molecule has 1 atom stereocenters. The van der Waals surface area contributed by atoms with Crippen molar-refractivity contribution >= 4 is 40.7 Å². The van der Waals surface area contributed by atoms with E-state index in [0.29, 0.717) is 5.92 Å². The van der Waals surface area contributed by atoms with Crippen molar-refractivity contribution in [1.29, 1.82) is 0 Å². The van der Waals surface area contributed by atoms with E-state index in [9.17, 15) is 0 Å². The largest absolute Gasteiger partial charge is 3.00 e. The smallest absolute Gasteiger partial charge is 0.675 e. The summed E-state index contributed by atoms with van der Waals surface area (Å²) >= 11 is 0. The number of allylic oxidation sites excluding steroid dienone is 4. The SMILES string of the molecule is CC1=[C-]C(C)C(C)=C1C.CN(C)c1[c-]cccc1.C[SiH2].Cl.Cl.[NH-]C1CCCCCCCCCCC1.[Zr+3]. The van der Waals surface area contributed by atoms with Gasteiger partial charge in [-0.2, -0.15) is 35.4 Å². The molecule has 0 amide bonds. The third-order valence-electron chi connectivity index (χ3n) is 6.52. The molecule has 2 radical (unpaired) electrons. The zero-order valence-corrected chi connectivity index (χ0v) is 29.7. The van der Waals surface area contributed by atoms with Crippen molar-refractivity contribution < 1.29 is 26.2 Å². The molecule has 0 aromatic heterocycles. The average Bonchev–Trinajstić information content (AvgIpc) is 3.04. The van der Waals surface area contributed by atoms with Crippen LogP contribution in [-0.2, 0) is 26.2 Å². The van der Waals surface area contributed by atoms with E-state index >= 15 is 0 Å². The first-order valence-corrected chi connectivity index (χ1v) is 14.6. The van der Waals surface area contributed by atoms with E-state index < -0.39 is 0 Å². The Balaban J connectivity index is -0.000000202. The summed E-state index contributed by atoms with van der Waals surface area (Å²) < 4.78 is 0. The molecule has 1 fully saturated rings. The molecule has 2 aliphatic carbocycles. The standard InChI is InChI=1S/C12H24N.C9H13.C8H10N.CH5Si.2ClH.Zr/c13-12-10-8-6-4-2-1-3-5-7-9-11-12;1-6-5-7(2)9(4)8(6)3;1-9(2)8-6-4-3-5-7-8;1-2;;;/h12-13H,1-11H2;6H,1-4H3;3-6H,1-2H3;2H2,1H3;2*1H;/q3*-1;;;;+3. The molecule has 0 aliphatic heterocycles. The van der Waals surface area contributed by atoms with Crippen molar-refractivity contribution in [1.82, 2.24) is 0 Å². The number of halogens is 2. The molecule has 206 valence electrons. The van der Waals surface area contributed by atoms with E-state index in [1.165, 1.54) is 74.5 Å². The summed E-state index contributed by atoms with van der Waals surface area (Å²) in [5.41, 5.74) is 13.2.